The number of rotatable bonds is 5. The van der Waals surface area contributed by atoms with Gasteiger partial charge in [-0.05, 0) is 37.1 Å². The molecule has 0 saturated heterocycles. The van der Waals surface area contributed by atoms with E-state index in [9.17, 15) is 9.59 Å². The van der Waals surface area contributed by atoms with E-state index >= 15 is 0 Å². The number of amides is 2. The van der Waals surface area contributed by atoms with Crippen molar-refractivity contribution in [3.8, 4) is 9.88 Å². The molecule has 0 spiro atoms. The fourth-order valence-corrected chi connectivity index (χ4v) is 4.54. The first-order valence-electron chi connectivity index (χ1n) is 8.11. The van der Waals surface area contributed by atoms with Crippen molar-refractivity contribution in [3.05, 3.63) is 41.3 Å². The number of hydrogen-bond donors (Lipinski definition) is 1. The number of carbonyl (C=O) groups is 2. The number of aromatic nitrogens is 1. The van der Waals surface area contributed by atoms with Crippen molar-refractivity contribution in [2.45, 2.75) is 18.9 Å². The third-order valence-corrected chi connectivity index (χ3v) is 6.27. The van der Waals surface area contributed by atoms with Crippen LogP contribution in [0.4, 0.5) is 0 Å². The quantitative estimate of drug-likeness (QED) is 0.748. The Bertz CT molecular complexity index is 910. The minimum atomic E-state index is -0.136. The van der Waals surface area contributed by atoms with Crippen LogP contribution in [-0.2, 0) is 4.79 Å². The summed E-state index contributed by atoms with van der Waals surface area (Å²) in [6, 6.07) is 12.0. The Kier molecular flexibility index (Phi) is 4.27. The number of hydrogen-bond acceptors (Lipinski definition) is 5. The van der Waals surface area contributed by atoms with Gasteiger partial charge in [-0.1, -0.05) is 12.1 Å². The topological polar surface area (TPSA) is 62.3 Å². The molecule has 2 heterocycles. The van der Waals surface area contributed by atoms with E-state index < -0.39 is 0 Å². The van der Waals surface area contributed by atoms with Crippen LogP contribution in [0, 0.1) is 0 Å². The van der Waals surface area contributed by atoms with Gasteiger partial charge in [0.2, 0.25) is 5.91 Å². The van der Waals surface area contributed by atoms with Gasteiger partial charge in [0.05, 0.1) is 26.5 Å². The van der Waals surface area contributed by atoms with E-state index in [1.54, 1.807) is 18.4 Å². The number of nitrogens with one attached hydrogen (secondary N) is 1. The van der Waals surface area contributed by atoms with Gasteiger partial charge in [0, 0.05) is 13.1 Å². The summed E-state index contributed by atoms with van der Waals surface area (Å²) in [4.78, 5) is 32.1. The molecule has 5 nitrogen and oxygen atoms in total. The number of thiazole rings is 1. The Morgan fingerprint density at radius 3 is 2.76 bits per heavy atom. The molecule has 3 aromatic rings. The van der Waals surface area contributed by atoms with Crippen LogP contribution in [0.1, 0.15) is 22.5 Å². The Balaban J connectivity index is 1.47. The highest BCUT2D eigenvalue weighted by molar-refractivity contribution is 7.26. The van der Waals surface area contributed by atoms with Crippen LogP contribution >= 0.6 is 22.7 Å². The van der Waals surface area contributed by atoms with E-state index in [0.29, 0.717) is 10.9 Å². The number of nitrogens with zero attached hydrogens (tertiary/aromatic N) is 2. The molecular formula is C18H17N3O2S2. The van der Waals surface area contributed by atoms with Crippen LogP contribution in [-0.4, -0.2) is 41.3 Å². The summed E-state index contributed by atoms with van der Waals surface area (Å²) in [7, 11) is 1.66. The third kappa shape index (κ3) is 3.57. The fourth-order valence-electron chi connectivity index (χ4n) is 2.52. The molecule has 0 atom stereocenters. The molecule has 0 aliphatic heterocycles. The molecule has 1 N–H and O–H groups in total. The smallest absolute Gasteiger partial charge is 0.264 e. The van der Waals surface area contributed by atoms with Crippen LogP contribution < -0.4 is 5.32 Å². The zero-order valence-electron chi connectivity index (χ0n) is 13.7. The molecule has 1 aliphatic carbocycles. The predicted octanol–water partition coefficient (Wildman–Crippen LogP) is 3.38. The maximum atomic E-state index is 12.5. The molecule has 1 fully saturated rings. The first kappa shape index (κ1) is 16.2. The zero-order chi connectivity index (χ0) is 17.4. The first-order valence-corrected chi connectivity index (χ1v) is 9.74. The van der Waals surface area contributed by atoms with E-state index in [1.165, 1.54) is 16.2 Å². The number of thiophene rings is 1. The van der Waals surface area contributed by atoms with Crippen LogP contribution in [0.3, 0.4) is 0 Å². The maximum Gasteiger partial charge on any atom is 0.264 e. The number of fused-ring (bicyclic) bond motifs is 1. The molecule has 2 aromatic heterocycles. The molecule has 0 bridgehead atoms. The molecule has 1 aromatic carbocycles. The largest absolute Gasteiger partial charge is 0.352 e. The minimum absolute atomic E-state index is 0.0870. The predicted molar refractivity (Wildman–Crippen MR) is 101 cm³/mol. The summed E-state index contributed by atoms with van der Waals surface area (Å²) in [6.45, 7) is 0.0870. The number of carbonyl (C=O) groups excluding carboxylic acids is 2. The normalized spacial score (nSPS) is 13.8. The number of para-hydroxylation sites is 1. The molecule has 2 amide bonds. The summed E-state index contributed by atoms with van der Waals surface area (Å²) >= 11 is 3.03. The first-order chi connectivity index (χ1) is 12.1. The van der Waals surface area contributed by atoms with E-state index in [2.05, 4.69) is 10.3 Å². The van der Waals surface area contributed by atoms with E-state index in [4.69, 9.17) is 0 Å². The highest BCUT2D eigenvalue weighted by Gasteiger charge is 2.25. The lowest BCUT2D eigenvalue weighted by molar-refractivity contribution is -0.121. The molecular weight excluding hydrogens is 354 g/mol. The summed E-state index contributed by atoms with van der Waals surface area (Å²) < 4.78 is 1.13. The number of likely N-dealkylation sites (N-methyl/N-ethyl adjacent to an activating group) is 1. The maximum absolute atomic E-state index is 12.5. The van der Waals surface area contributed by atoms with Gasteiger partial charge in [-0.25, -0.2) is 4.98 Å². The third-order valence-electron chi connectivity index (χ3n) is 3.99. The molecule has 0 unspecified atom stereocenters. The second kappa shape index (κ2) is 6.57. The fraction of sp³-hybridized carbons (Fsp3) is 0.278. The summed E-state index contributed by atoms with van der Waals surface area (Å²) in [5.74, 6) is -0.232. The number of benzene rings is 1. The van der Waals surface area contributed by atoms with Crippen molar-refractivity contribution < 1.29 is 9.59 Å². The molecule has 128 valence electrons. The van der Waals surface area contributed by atoms with E-state index in [0.717, 1.165) is 32.9 Å². The van der Waals surface area contributed by atoms with Gasteiger partial charge >= 0.3 is 0 Å². The van der Waals surface area contributed by atoms with Gasteiger partial charge in [0.15, 0.2) is 0 Å². The summed E-state index contributed by atoms with van der Waals surface area (Å²) in [6.07, 6.45) is 2.08. The van der Waals surface area contributed by atoms with Crippen molar-refractivity contribution >= 4 is 44.7 Å². The molecule has 7 heteroatoms. The Morgan fingerprint density at radius 1 is 1.20 bits per heavy atom. The van der Waals surface area contributed by atoms with Crippen molar-refractivity contribution in [1.82, 2.24) is 15.2 Å². The lowest BCUT2D eigenvalue weighted by atomic mass is 10.3. The standard InChI is InChI=1S/C18H17N3O2S2/c1-21(10-16(22)19-11-6-7-11)18(23)15-9-8-14(24-15)17-20-12-4-2-3-5-13(12)25-17/h2-5,8-9,11H,6-7,10H2,1H3,(H,19,22). The molecule has 25 heavy (non-hydrogen) atoms. The van der Waals surface area contributed by atoms with Gasteiger partial charge in [0.1, 0.15) is 5.01 Å². The lowest BCUT2D eigenvalue weighted by Crippen LogP contribution is -2.38. The lowest BCUT2D eigenvalue weighted by Gasteiger charge is -2.15. The second-order valence-electron chi connectivity index (χ2n) is 6.15. The van der Waals surface area contributed by atoms with Gasteiger partial charge in [-0.3, -0.25) is 9.59 Å². The van der Waals surface area contributed by atoms with Gasteiger partial charge in [-0.15, -0.1) is 22.7 Å². The van der Waals surface area contributed by atoms with Gasteiger partial charge < -0.3 is 10.2 Å². The molecule has 4 rings (SSSR count). The Morgan fingerprint density at radius 2 is 2.00 bits per heavy atom. The summed E-state index contributed by atoms with van der Waals surface area (Å²) in [5, 5.41) is 3.82. The molecule has 1 saturated carbocycles. The second-order valence-corrected chi connectivity index (χ2v) is 8.27. The highest BCUT2D eigenvalue weighted by Crippen LogP contribution is 2.34. The average molecular weight is 371 g/mol. The van der Waals surface area contributed by atoms with Crippen LogP contribution in [0.2, 0.25) is 0 Å². The van der Waals surface area contributed by atoms with Crippen molar-refractivity contribution in [1.29, 1.82) is 0 Å². The molecule has 0 radical (unpaired) electrons. The van der Waals surface area contributed by atoms with Crippen LogP contribution in [0.25, 0.3) is 20.1 Å². The van der Waals surface area contributed by atoms with Crippen molar-refractivity contribution in [2.75, 3.05) is 13.6 Å². The highest BCUT2D eigenvalue weighted by atomic mass is 32.1. The van der Waals surface area contributed by atoms with Gasteiger partial charge in [-0.2, -0.15) is 0 Å². The molecule has 1 aliphatic rings. The Labute approximate surface area is 153 Å². The SMILES string of the molecule is CN(CC(=O)NC1CC1)C(=O)c1ccc(-c2nc3ccccc3s2)s1. The average Bonchev–Trinajstić information content (AvgIpc) is 3.13. The van der Waals surface area contributed by atoms with Crippen molar-refractivity contribution in [3.63, 3.8) is 0 Å². The Hall–Kier alpha value is -2.25. The van der Waals surface area contributed by atoms with Gasteiger partial charge in [0.25, 0.3) is 5.91 Å². The van der Waals surface area contributed by atoms with Crippen molar-refractivity contribution in [2.24, 2.45) is 0 Å². The zero-order valence-corrected chi connectivity index (χ0v) is 15.3. The van der Waals surface area contributed by atoms with Crippen LogP contribution in [0.15, 0.2) is 36.4 Å². The summed E-state index contributed by atoms with van der Waals surface area (Å²) in [5.41, 5.74) is 0.970. The van der Waals surface area contributed by atoms with E-state index in [-0.39, 0.29) is 18.4 Å². The monoisotopic (exact) mass is 371 g/mol. The van der Waals surface area contributed by atoms with Crippen LogP contribution in [0.5, 0.6) is 0 Å². The van der Waals surface area contributed by atoms with E-state index in [1.807, 2.05) is 36.4 Å². The minimum Gasteiger partial charge on any atom is -0.352 e.